The van der Waals surface area contributed by atoms with Gasteiger partial charge in [-0.25, -0.2) is 8.42 Å². The Morgan fingerprint density at radius 3 is 2.31 bits per heavy atom. The first-order valence-electron chi connectivity index (χ1n) is 4.84. The second kappa shape index (κ2) is 3.95. The van der Waals surface area contributed by atoms with Crippen molar-refractivity contribution in [3.63, 3.8) is 0 Å². The van der Waals surface area contributed by atoms with Gasteiger partial charge in [-0.05, 0) is 31.2 Å². The van der Waals surface area contributed by atoms with E-state index in [1.807, 2.05) is 6.92 Å². The van der Waals surface area contributed by atoms with Gasteiger partial charge in [-0.2, -0.15) is 0 Å². The average Bonchev–Trinajstić information content (AvgIpc) is 2.83. The zero-order valence-electron chi connectivity index (χ0n) is 9.01. The lowest BCUT2D eigenvalue weighted by Crippen LogP contribution is -2.09. The highest BCUT2D eigenvalue weighted by molar-refractivity contribution is 7.92. The predicted molar refractivity (Wildman–Crippen MR) is 59.9 cm³/mol. The highest BCUT2D eigenvalue weighted by atomic mass is 32.2. The molecule has 2 unspecified atom stereocenters. The summed E-state index contributed by atoms with van der Waals surface area (Å²) in [7, 11) is -3.23. The fraction of sp³-hybridized carbons (Fsp3) is 0.400. The molecule has 0 aliphatic carbocycles. The quantitative estimate of drug-likeness (QED) is 0.806. The molecule has 16 heavy (non-hydrogen) atoms. The Balaban J connectivity index is 1.99. The van der Waals surface area contributed by atoms with Crippen molar-refractivity contribution in [3.8, 4) is 5.75 Å². The monoisotopic (exact) mass is 243 g/mol. The summed E-state index contributed by atoms with van der Waals surface area (Å²) in [5.74, 6) is 0.661. The summed E-state index contributed by atoms with van der Waals surface area (Å²) < 4.78 is 34.8. The van der Waals surface area contributed by atoms with E-state index in [1.54, 1.807) is 24.3 Å². The van der Waals surface area contributed by atoms with E-state index in [1.165, 1.54) is 0 Å². The van der Waals surface area contributed by atoms with Crippen molar-refractivity contribution < 1.29 is 17.9 Å². The number of epoxide rings is 1. The molecule has 2 atom stereocenters. The number of hydrogen-bond acceptors (Lipinski definition) is 4. The average molecular weight is 243 g/mol. The van der Waals surface area contributed by atoms with Crippen molar-refractivity contribution in [1.29, 1.82) is 0 Å². The summed E-state index contributed by atoms with van der Waals surface area (Å²) in [6, 6.07) is 6.68. The minimum absolute atomic E-state index is 0.133. The number of anilines is 1. The lowest BCUT2D eigenvalue weighted by atomic mass is 10.3. The lowest BCUT2D eigenvalue weighted by Gasteiger charge is -2.05. The Morgan fingerprint density at radius 1 is 1.31 bits per heavy atom. The molecule has 1 aromatic rings. The fourth-order valence-electron chi connectivity index (χ4n) is 1.24. The number of benzene rings is 1. The number of sulfonamides is 1. The largest absolute Gasteiger partial charge is 0.462 e. The molecule has 0 radical (unpaired) electrons. The minimum Gasteiger partial charge on any atom is -0.462 e. The number of hydrogen-bond donors (Lipinski definition) is 1. The molecule has 0 bridgehead atoms. The first kappa shape index (κ1) is 11.2. The van der Waals surface area contributed by atoms with Gasteiger partial charge < -0.3 is 9.47 Å². The molecule has 0 aromatic heterocycles. The molecule has 5 nitrogen and oxygen atoms in total. The Morgan fingerprint density at radius 2 is 1.88 bits per heavy atom. The maximum absolute atomic E-state index is 11.0. The zero-order chi connectivity index (χ0) is 11.8. The van der Waals surface area contributed by atoms with Crippen LogP contribution in [0.3, 0.4) is 0 Å². The van der Waals surface area contributed by atoms with Crippen LogP contribution in [0.5, 0.6) is 5.75 Å². The van der Waals surface area contributed by atoms with E-state index in [4.69, 9.17) is 9.47 Å². The van der Waals surface area contributed by atoms with Crippen LogP contribution in [0.25, 0.3) is 0 Å². The summed E-state index contributed by atoms with van der Waals surface area (Å²) in [5, 5.41) is 0. The molecule has 88 valence electrons. The summed E-state index contributed by atoms with van der Waals surface area (Å²) in [6.07, 6.45) is 1.07. The van der Waals surface area contributed by atoms with Gasteiger partial charge in [0.05, 0.1) is 6.26 Å². The molecule has 1 aliphatic heterocycles. The standard InChI is InChI=1S/C10H13NO4S/c1-7-10(14-7)15-9-5-3-8(4-6-9)11-16(2,12)13/h3-7,10-11H,1-2H3. The van der Waals surface area contributed by atoms with Crippen molar-refractivity contribution in [2.24, 2.45) is 0 Å². The van der Waals surface area contributed by atoms with Gasteiger partial charge in [0.2, 0.25) is 16.3 Å². The number of nitrogens with one attached hydrogen (secondary N) is 1. The Labute approximate surface area is 94.4 Å². The third-order valence-electron chi connectivity index (χ3n) is 2.07. The molecular formula is C10H13NO4S. The van der Waals surface area contributed by atoms with Crippen molar-refractivity contribution in [3.05, 3.63) is 24.3 Å². The topological polar surface area (TPSA) is 67.9 Å². The van der Waals surface area contributed by atoms with E-state index < -0.39 is 10.0 Å². The summed E-state index contributed by atoms with van der Waals surface area (Å²) in [4.78, 5) is 0. The molecular weight excluding hydrogens is 230 g/mol. The van der Waals surface area contributed by atoms with Crippen LogP contribution in [0.2, 0.25) is 0 Å². The Hall–Kier alpha value is -1.27. The third-order valence-corrected chi connectivity index (χ3v) is 2.67. The van der Waals surface area contributed by atoms with E-state index in [0.29, 0.717) is 11.4 Å². The van der Waals surface area contributed by atoms with E-state index in [2.05, 4.69) is 4.72 Å². The molecule has 2 rings (SSSR count). The molecule has 1 heterocycles. The van der Waals surface area contributed by atoms with Crippen molar-refractivity contribution in [1.82, 2.24) is 0 Å². The Kier molecular flexibility index (Phi) is 2.77. The van der Waals surface area contributed by atoms with Gasteiger partial charge >= 0.3 is 0 Å². The number of ether oxygens (including phenoxy) is 2. The SMILES string of the molecule is CC1OC1Oc1ccc(NS(C)(=O)=O)cc1. The van der Waals surface area contributed by atoms with E-state index in [9.17, 15) is 8.42 Å². The van der Waals surface area contributed by atoms with E-state index >= 15 is 0 Å². The zero-order valence-corrected chi connectivity index (χ0v) is 9.82. The van der Waals surface area contributed by atoms with Crippen LogP contribution in [-0.2, 0) is 14.8 Å². The van der Waals surface area contributed by atoms with Gasteiger partial charge in [-0.1, -0.05) is 0 Å². The molecule has 0 saturated carbocycles. The van der Waals surface area contributed by atoms with Gasteiger partial charge in [-0.3, -0.25) is 4.72 Å². The first-order valence-corrected chi connectivity index (χ1v) is 6.73. The van der Waals surface area contributed by atoms with Gasteiger partial charge in [0.1, 0.15) is 11.9 Å². The van der Waals surface area contributed by atoms with Crippen LogP contribution >= 0.6 is 0 Å². The highest BCUT2D eigenvalue weighted by Crippen LogP contribution is 2.26. The van der Waals surface area contributed by atoms with Crippen molar-refractivity contribution in [2.45, 2.75) is 19.3 Å². The fourth-order valence-corrected chi connectivity index (χ4v) is 1.80. The lowest BCUT2D eigenvalue weighted by molar-refractivity contribution is 0.178. The van der Waals surface area contributed by atoms with Gasteiger partial charge in [0.25, 0.3) is 0 Å². The maximum Gasteiger partial charge on any atom is 0.229 e. The molecule has 0 spiro atoms. The van der Waals surface area contributed by atoms with Crippen LogP contribution in [0.15, 0.2) is 24.3 Å². The molecule has 1 aromatic carbocycles. The smallest absolute Gasteiger partial charge is 0.229 e. The second-order valence-electron chi connectivity index (χ2n) is 3.73. The van der Waals surface area contributed by atoms with Crippen LogP contribution in [0, 0.1) is 0 Å². The summed E-state index contributed by atoms with van der Waals surface area (Å²) in [5.41, 5.74) is 0.514. The second-order valence-corrected chi connectivity index (χ2v) is 5.47. The third kappa shape index (κ3) is 3.11. The highest BCUT2D eigenvalue weighted by Gasteiger charge is 2.36. The molecule has 6 heteroatoms. The first-order chi connectivity index (χ1) is 7.44. The van der Waals surface area contributed by atoms with Crippen LogP contribution < -0.4 is 9.46 Å². The molecule has 1 saturated heterocycles. The van der Waals surface area contributed by atoms with Gasteiger partial charge in [-0.15, -0.1) is 0 Å². The van der Waals surface area contributed by atoms with E-state index in [-0.39, 0.29) is 12.4 Å². The number of rotatable bonds is 4. The van der Waals surface area contributed by atoms with Crippen LogP contribution in [0.1, 0.15) is 6.92 Å². The molecule has 1 aliphatic rings. The van der Waals surface area contributed by atoms with Crippen LogP contribution in [-0.4, -0.2) is 27.1 Å². The van der Waals surface area contributed by atoms with Gasteiger partial charge in [0.15, 0.2) is 0 Å². The van der Waals surface area contributed by atoms with Crippen molar-refractivity contribution in [2.75, 3.05) is 11.0 Å². The predicted octanol–water partition coefficient (Wildman–Crippen LogP) is 1.18. The molecule has 0 amide bonds. The minimum atomic E-state index is -3.23. The molecule has 1 N–H and O–H groups in total. The maximum atomic E-state index is 11.0. The summed E-state index contributed by atoms with van der Waals surface area (Å²) in [6.45, 7) is 1.92. The molecule has 1 fully saturated rings. The van der Waals surface area contributed by atoms with Crippen LogP contribution in [0.4, 0.5) is 5.69 Å². The van der Waals surface area contributed by atoms with Crippen molar-refractivity contribution >= 4 is 15.7 Å². The normalized spacial score (nSPS) is 23.9. The van der Waals surface area contributed by atoms with Gasteiger partial charge in [0, 0.05) is 5.69 Å². The Bertz CT molecular complexity index is 468. The summed E-state index contributed by atoms with van der Waals surface area (Å²) >= 11 is 0. The van der Waals surface area contributed by atoms with E-state index in [0.717, 1.165) is 6.26 Å².